The Kier molecular flexibility index (Phi) is 4.53. The van der Waals surface area contributed by atoms with Crippen LogP contribution in [0.5, 0.6) is 0 Å². The zero-order chi connectivity index (χ0) is 18.1. The van der Waals surface area contributed by atoms with Gasteiger partial charge in [-0.15, -0.1) is 0 Å². The molecule has 5 nitrogen and oxygen atoms in total. The molecule has 0 aliphatic carbocycles. The Morgan fingerprint density at radius 1 is 1.15 bits per heavy atom. The molecule has 0 aliphatic rings. The van der Waals surface area contributed by atoms with Crippen molar-refractivity contribution >= 4 is 34.4 Å². The molecule has 0 amide bonds. The van der Waals surface area contributed by atoms with E-state index in [1.165, 1.54) is 11.8 Å². The summed E-state index contributed by atoms with van der Waals surface area (Å²) in [5.74, 6) is 0.685. The summed E-state index contributed by atoms with van der Waals surface area (Å²) in [4.78, 5) is 19.9. The lowest BCUT2D eigenvalue weighted by atomic mass is 10.2. The van der Waals surface area contributed by atoms with Crippen molar-refractivity contribution in [3.8, 4) is 5.69 Å². The first-order valence-electron chi connectivity index (χ1n) is 8.03. The molecule has 0 spiro atoms. The molecule has 0 aliphatic heterocycles. The van der Waals surface area contributed by atoms with Crippen molar-refractivity contribution in [3.05, 3.63) is 81.2 Å². The highest BCUT2D eigenvalue weighted by Crippen LogP contribution is 2.23. The number of nitrogens with one attached hydrogen (secondary N) is 1. The second kappa shape index (κ2) is 6.97. The van der Waals surface area contributed by atoms with E-state index in [9.17, 15) is 4.79 Å². The highest BCUT2D eigenvalue weighted by Gasteiger charge is 2.13. The predicted molar refractivity (Wildman–Crippen MR) is 105 cm³/mol. The molecule has 0 bridgehead atoms. The maximum Gasteiger partial charge on any atom is 0.262 e. The van der Waals surface area contributed by atoms with Crippen LogP contribution in [-0.4, -0.2) is 19.7 Å². The van der Waals surface area contributed by atoms with Crippen molar-refractivity contribution in [3.63, 3.8) is 0 Å². The lowest BCUT2D eigenvalue weighted by molar-refractivity contribution is 0.867. The molecule has 4 rings (SSSR count). The number of benzene rings is 2. The van der Waals surface area contributed by atoms with Crippen molar-refractivity contribution in [1.82, 2.24) is 19.7 Å². The third kappa shape index (κ3) is 3.25. The Hall–Kier alpha value is -2.57. The Labute approximate surface area is 159 Å². The van der Waals surface area contributed by atoms with Gasteiger partial charge in [-0.2, -0.15) is 5.10 Å². The van der Waals surface area contributed by atoms with E-state index in [-0.39, 0.29) is 5.56 Å². The summed E-state index contributed by atoms with van der Waals surface area (Å²) >= 11 is 7.38. The molecule has 0 saturated heterocycles. The van der Waals surface area contributed by atoms with Crippen LogP contribution in [0.1, 0.15) is 11.1 Å². The third-order valence-electron chi connectivity index (χ3n) is 4.05. The molecule has 4 aromatic rings. The van der Waals surface area contributed by atoms with Gasteiger partial charge in [0.15, 0.2) is 10.8 Å². The molecule has 2 aromatic heterocycles. The van der Waals surface area contributed by atoms with Gasteiger partial charge in [0, 0.05) is 10.8 Å². The zero-order valence-corrected chi connectivity index (χ0v) is 15.5. The van der Waals surface area contributed by atoms with Crippen LogP contribution in [0.2, 0.25) is 5.02 Å². The number of para-hydroxylation sites is 1. The first-order chi connectivity index (χ1) is 12.6. The average molecular weight is 383 g/mol. The molecule has 0 fully saturated rings. The maximum absolute atomic E-state index is 12.4. The van der Waals surface area contributed by atoms with Crippen molar-refractivity contribution in [1.29, 1.82) is 0 Å². The van der Waals surface area contributed by atoms with Gasteiger partial charge in [0.05, 0.1) is 11.9 Å². The van der Waals surface area contributed by atoms with E-state index in [1.807, 2.05) is 55.5 Å². The van der Waals surface area contributed by atoms with Gasteiger partial charge >= 0.3 is 0 Å². The fourth-order valence-corrected chi connectivity index (χ4v) is 3.61. The minimum Gasteiger partial charge on any atom is -0.301 e. The highest BCUT2D eigenvalue weighted by molar-refractivity contribution is 7.98. The summed E-state index contributed by atoms with van der Waals surface area (Å²) < 4.78 is 1.71. The van der Waals surface area contributed by atoms with Crippen LogP contribution >= 0.6 is 23.4 Å². The molecule has 1 N–H and O–H groups in total. The lowest BCUT2D eigenvalue weighted by Crippen LogP contribution is -2.10. The molecule has 2 aromatic carbocycles. The van der Waals surface area contributed by atoms with Crippen LogP contribution in [0.3, 0.4) is 0 Å². The summed E-state index contributed by atoms with van der Waals surface area (Å²) in [6, 6.07) is 15.5. The van der Waals surface area contributed by atoms with Crippen molar-refractivity contribution in [2.45, 2.75) is 17.8 Å². The number of fused-ring (bicyclic) bond motifs is 1. The Morgan fingerprint density at radius 2 is 1.92 bits per heavy atom. The molecular weight excluding hydrogens is 368 g/mol. The van der Waals surface area contributed by atoms with Crippen molar-refractivity contribution in [2.75, 3.05) is 0 Å². The fourth-order valence-electron chi connectivity index (χ4n) is 2.68. The molecule has 0 saturated carbocycles. The number of hydrogen-bond donors (Lipinski definition) is 1. The van der Waals surface area contributed by atoms with Gasteiger partial charge in [0.2, 0.25) is 0 Å². The fraction of sp³-hybridized carbons (Fsp3) is 0.105. The second-order valence-corrected chi connectivity index (χ2v) is 7.27. The standard InChI is InChI=1S/C19H15ClN4OS/c1-12-4-2-3-5-16(12)24-17-15(10-21-24)18(25)23-19(22-17)26-11-13-6-8-14(20)9-7-13/h2-10H,11H2,1H3,(H,22,23,25). The van der Waals surface area contributed by atoms with E-state index < -0.39 is 0 Å². The van der Waals surface area contributed by atoms with Gasteiger partial charge < -0.3 is 4.98 Å². The van der Waals surface area contributed by atoms with Gasteiger partial charge in [-0.05, 0) is 36.2 Å². The summed E-state index contributed by atoms with van der Waals surface area (Å²) in [6.07, 6.45) is 1.56. The topological polar surface area (TPSA) is 63.6 Å². The molecule has 130 valence electrons. The Morgan fingerprint density at radius 3 is 2.69 bits per heavy atom. The summed E-state index contributed by atoms with van der Waals surface area (Å²) in [7, 11) is 0. The van der Waals surface area contributed by atoms with Crippen LogP contribution in [-0.2, 0) is 5.75 Å². The van der Waals surface area contributed by atoms with Gasteiger partial charge in [-0.1, -0.05) is 53.7 Å². The molecule has 7 heteroatoms. The molecule has 26 heavy (non-hydrogen) atoms. The first kappa shape index (κ1) is 16.9. The third-order valence-corrected chi connectivity index (χ3v) is 5.25. The molecule has 2 heterocycles. The molecule has 0 unspecified atom stereocenters. The molecular formula is C19H15ClN4OS. The largest absolute Gasteiger partial charge is 0.301 e. The predicted octanol–water partition coefficient (Wildman–Crippen LogP) is 4.36. The minimum absolute atomic E-state index is 0.187. The number of aryl methyl sites for hydroxylation is 1. The summed E-state index contributed by atoms with van der Waals surface area (Å²) in [5, 5.41) is 6.11. The van der Waals surface area contributed by atoms with Crippen LogP contribution in [0.25, 0.3) is 16.7 Å². The summed E-state index contributed by atoms with van der Waals surface area (Å²) in [6.45, 7) is 2.01. The second-order valence-electron chi connectivity index (χ2n) is 5.87. The van der Waals surface area contributed by atoms with Gasteiger partial charge in [0.25, 0.3) is 5.56 Å². The van der Waals surface area contributed by atoms with Crippen LogP contribution in [0, 0.1) is 6.92 Å². The van der Waals surface area contributed by atoms with Gasteiger partial charge in [-0.25, -0.2) is 9.67 Å². The van der Waals surface area contributed by atoms with Gasteiger partial charge in [0.1, 0.15) is 5.39 Å². The van der Waals surface area contributed by atoms with E-state index in [0.717, 1.165) is 16.8 Å². The number of aromatic nitrogens is 4. The van der Waals surface area contributed by atoms with E-state index in [0.29, 0.717) is 27.0 Å². The maximum atomic E-state index is 12.4. The van der Waals surface area contributed by atoms with E-state index in [1.54, 1.807) is 10.9 Å². The number of H-pyrrole nitrogens is 1. The number of aromatic amines is 1. The van der Waals surface area contributed by atoms with Crippen molar-refractivity contribution in [2.24, 2.45) is 0 Å². The highest BCUT2D eigenvalue weighted by atomic mass is 35.5. The lowest BCUT2D eigenvalue weighted by Gasteiger charge is -2.07. The van der Waals surface area contributed by atoms with Crippen molar-refractivity contribution < 1.29 is 0 Å². The number of halogens is 1. The average Bonchev–Trinajstić information content (AvgIpc) is 3.06. The first-order valence-corrected chi connectivity index (χ1v) is 9.39. The van der Waals surface area contributed by atoms with Crippen LogP contribution in [0.4, 0.5) is 0 Å². The van der Waals surface area contributed by atoms with E-state index in [4.69, 9.17) is 11.6 Å². The minimum atomic E-state index is -0.187. The van der Waals surface area contributed by atoms with Crippen LogP contribution < -0.4 is 5.56 Å². The van der Waals surface area contributed by atoms with E-state index >= 15 is 0 Å². The Bertz CT molecular complexity index is 1130. The normalized spacial score (nSPS) is 11.2. The van der Waals surface area contributed by atoms with Gasteiger partial charge in [-0.3, -0.25) is 4.79 Å². The number of rotatable bonds is 4. The number of hydrogen-bond acceptors (Lipinski definition) is 4. The quantitative estimate of drug-likeness (QED) is 0.420. The molecule has 0 radical (unpaired) electrons. The summed E-state index contributed by atoms with van der Waals surface area (Å²) in [5.41, 5.74) is 3.45. The van der Waals surface area contributed by atoms with E-state index in [2.05, 4.69) is 15.1 Å². The molecule has 0 atom stereocenters. The SMILES string of the molecule is Cc1ccccc1-n1ncc2c(=O)[nH]c(SCc3ccc(Cl)cc3)nc21. The number of nitrogens with zero attached hydrogens (tertiary/aromatic N) is 3. The monoisotopic (exact) mass is 382 g/mol. The number of thioether (sulfide) groups is 1. The zero-order valence-electron chi connectivity index (χ0n) is 13.9. The smallest absolute Gasteiger partial charge is 0.262 e. The van der Waals surface area contributed by atoms with Crippen LogP contribution in [0.15, 0.2) is 64.7 Å². The Balaban J connectivity index is 1.71.